The Morgan fingerprint density at radius 3 is 2.62 bits per heavy atom. The molecule has 2 rings (SSSR count). The number of carbonyl (C=O) groups is 2. The van der Waals surface area contributed by atoms with Crippen molar-refractivity contribution in [3.8, 4) is 0 Å². The number of hydrogen-bond acceptors (Lipinski definition) is 3. The summed E-state index contributed by atoms with van der Waals surface area (Å²) in [6.07, 6.45) is 0.955. The molecule has 1 aromatic rings. The summed E-state index contributed by atoms with van der Waals surface area (Å²) in [7, 11) is 0. The van der Waals surface area contributed by atoms with Gasteiger partial charge in [0.25, 0.3) is 0 Å². The summed E-state index contributed by atoms with van der Waals surface area (Å²) in [5, 5.41) is 9.94. The molecule has 5 nitrogen and oxygen atoms in total. The van der Waals surface area contributed by atoms with Crippen LogP contribution >= 0.6 is 11.6 Å². The molecule has 0 aromatic heterocycles. The smallest absolute Gasteiger partial charge is 0.410 e. The van der Waals surface area contributed by atoms with Crippen LogP contribution in [-0.2, 0) is 9.53 Å². The van der Waals surface area contributed by atoms with E-state index in [1.165, 1.54) is 11.0 Å². The van der Waals surface area contributed by atoms with E-state index < -0.39 is 18.0 Å². The Hall–Kier alpha value is -2.01. The fraction of sp³-hybridized carbons (Fsp3) is 0.333. The van der Waals surface area contributed by atoms with Crippen LogP contribution < -0.4 is 0 Å². The standard InChI is InChI=1S/C15H16ClNO4/c1-2-7-21-15(20)17-8-12(13(9-17)14(18)19)10-3-5-11(16)6-4-10/h2-6,12-13H,1,7-9H2,(H,18,19)/t12-,13+/m0/s1. The fourth-order valence-electron chi connectivity index (χ4n) is 2.47. The number of aliphatic carboxylic acids is 1. The van der Waals surface area contributed by atoms with Gasteiger partial charge in [0.15, 0.2) is 0 Å². The second-order valence-electron chi connectivity index (χ2n) is 4.87. The highest BCUT2D eigenvalue weighted by molar-refractivity contribution is 6.30. The Morgan fingerprint density at radius 2 is 2.05 bits per heavy atom. The minimum Gasteiger partial charge on any atom is -0.481 e. The van der Waals surface area contributed by atoms with Crippen LogP contribution in [0.3, 0.4) is 0 Å². The number of nitrogens with zero attached hydrogens (tertiary/aromatic N) is 1. The second kappa shape index (κ2) is 6.63. The maximum absolute atomic E-state index is 11.8. The lowest BCUT2D eigenvalue weighted by Crippen LogP contribution is -2.30. The lowest BCUT2D eigenvalue weighted by atomic mass is 9.89. The number of carbonyl (C=O) groups excluding carboxylic acids is 1. The van der Waals surface area contributed by atoms with Crippen LogP contribution in [0, 0.1) is 5.92 Å². The quantitative estimate of drug-likeness (QED) is 0.868. The third-order valence-corrected chi connectivity index (χ3v) is 3.77. The van der Waals surface area contributed by atoms with Crippen molar-refractivity contribution in [3.05, 3.63) is 47.5 Å². The van der Waals surface area contributed by atoms with Crippen molar-refractivity contribution in [2.75, 3.05) is 19.7 Å². The maximum Gasteiger partial charge on any atom is 0.410 e. The zero-order chi connectivity index (χ0) is 15.4. The summed E-state index contributed by atoms with van der Waals surface area (Å²) in [4.78, 5) is 24.7. The molecule has 0 bridgehead atoms. The molecule has 0 saturated carbocycles. The normalized spacial score (nSPS) is 21.1. The van der Waals surface area contributed by atoms with E-state index in [0.29, 0.717) is 11.6 Å². The number of carboxylic acids is 1. The molecule has 0 radical (unpaired) electrons. The van der Waals surface area contributed by atoms with Crippen molar-refractivity contribution in [2.45, 2.75) is 5.92 Å². The zero-order valence-electron chi connectivity index (χ0n) is 11.4. The van der Waals surface area contributed by atoms with Gasteiger partial charge >= 0.3 is 12.1 Å². The van der Waals surface area contributed by atoms with E-state index in [1.54, 1.807) is 24.3 Å². The number of hydrogen-bond donors (Lipinski definition) is 1. The van der Waals surface area contributed by atoms with Gasteiger partial charge < -0.3 is 14.7 Å². The summed E-state index contributed by atoms with van der Waals surface area (Å²) in [5.74, 6) is -1.84. The molecule has 1 aliphatic heterocycles. The third kappa shape index (κ3) is 3.55. The summed E-state index contributed by atoms with van der Waals surface area (Å²) < 4.78 is 4.96. The third-order valence-electron chi connectivity index (χ3n) is 3.52. The van der Waals surface area contributed by atoms with Gasteiger partial charge in [0.05, 0.1) is 5.92 Å². The van der Waals surface area contributed by atoms with Crippen molar-refractivity contribution in [1.29, 1.82) is 0 Å². The van der Waals surface area contributed by atoms with Crippen LogP contribution in [-0.4, -0.2) is 41.8 Å². The Kier molecular flexibility index (Phi) is 4.85. The average Bonchev–Trinajstić information content (AvgIpc) is 2.91. The zero-order valence-corrected chi connectivity index (χ0v) is 12.1. The SMILES string of the molecule is C=CCOC(=O)N1C[C@@H](C(=O)O)[C@H](c2ccc(Cl)cc2)C1. The van der Waals surface area contributed by atoms with Gasteiger partial charge in [-0.3, -0.25) is 4.79 Å². The summed E-state index contributed by atoms with van der Waals surface area (Å²) >= 11 is 5.84. The highest BCUT2D eigenvalue weighted by Gasteiger charge is 2.41. The first-order valence-corrected chi connectivity index (χ1v) is 6.91. The number of benzene rings is 1. The molecule has 0 aliphatic carbocycles. The molecule has 112 valence electrons. The van der Waals surface area contributed by atoms with Gasteiger partial charge in [0.2, 0.25) is 0 Å². The average molecular weight is 310 g/mol. The van der Waals surface area contributed by atoms with E-state index in [-0.39, 0.29) is 19.1 Å². The fourth-order valence-corrected chi connectivity index (χ4v) is 2.60. The molecule has 21 heavy (non-hydrogen) atoms. The maximum atomic E-state index is 11.8. The molecule has 1 heterocycles. The Morgan fingerprint density at radius 1 is 1.38 bits per heavy atom. The number of likely N-dealkylation sites (tertiary alicyclic amines) is 1. The minimum atomic E-state index is -0.922. The van der Waals surface area contributed by atoms with Crippen LogP contribution in [0.1, 0.15) is 11.5 Å². The van der Waals surface area contributed by atoms with E-state index in [1.807, 2.05) is 0 Å². The van der Waals surface area contributed by atoms with Gasteiger partial charge in [-0.05, 0) is 17.7 Å². The molecule has 1 saturated heterocycles. The molecule has 1 amide bonds. The Balaban J connectivity index is 2.15. The molecule has 1 aliphatic rings. The van der Waals surface area contributed by atoms with Gasteiger partial charge in [-0.25, -0.2) is 4.79 Å². The van der Waals surface area contributed by atoms with Crippen LogP contribution in [0.4, 0.5) is 4.79 Å². The Labute approximate surface area is 127 Å². The number of halogens is 1. The van der Waals surface area contributed by atoms with Crippen molar-refractivity contribution in [3.63, 3.8) is 0 Å². The van der Waals surface area contributed by atoms with E-state index in [4.69, 9.17) is 16.3 Å². The second-order valence-corrected chi connectivity index (χ2v) is 5.31. The monoisotopic (exact) mass is 309 g/mol. The highest BCUT2D eigenvalue weighted by atomic mass is 35.5. The highest BCUT2D eigenvalue weighted by Crippen LogP contribution is 2.33. The van der Waals surface area contributed by atoms with Crippen LogP contribution in [0.2, 0.25) is 5.02 Å². The first-order chi connectivity index (χ1) is 10.0. The van der Waals surface area contributed by atoms with Crippen LogP contribution in [0.5, 0.6) is 0 Å². The van der Waals surface area contributed by atoms with Gasteiger partial charge in [-0.15, -0.1) is 0 Å². The number of ether oxygens (including phenoxy) is 1. The first-order valence-electron chi connectivity index (χ1n) is 6.53. The van der Waals surface area contributed by atoms with Crippen LogP contribution in [0.25, 0.3) is 0 Å². The largest absolute Gasteiger partial charge is 0.481 e. The van der Waals surface area contributed by atoms with Gasteiger partial charge in [0, 0.05) is 24.0 Å². The van der Waals surface area contributed by atoms with Gasteiger partial charge in [0.1, 0.15) is 6.61 Å². The van der Waals surface area contributed by atoms with Crippen molar-refractivity contribution >= 4 is 23.7 Å². The van der Waals surface area contributed by atoms with E-state index in [9.17, 15) is 14.7 Å². The van der Waals surface area contributed by atoms with E-state index in [2.05, 4.69) is 6.58 Å². The van der Waals surface area contributed by atoms with E-state index >= 15 is 0 Å². The molecule has 1 N–H and O–H groups in total. The molecular weight excluding hydrogens is 294 g/mol. The van der Waals surface area contributed by atoms with Crippen LogP contribution in [0.15, 0.2) is 36.9 Å². The number of rotatable bonds is 4. The topological polar surface area (TPSA) is 66.8 Å². The van der Waals surface area contributed by atoms with Gasteiger partial charge in [-0.1, -0.05) is 36.4 Å². The molecule has 6 heteroatoms. The van der Waals surface area contributed by atoms with E-state index in [0.717, 1.165) is 5.56 Å². The molecule has 0 unspecified atom stereocenters. The van der Waals surface area contributed by atoms with Gasteiger partial charge in [-0.2, -0.15) is 0 Å². The predicted octanol–water partition coefficient (Wildman–Crippen LogP) is 2.76. The summed E-state index contributed by atoms with van der Waals surface area (Å²) in [5.41, 5.74) is 0.853. The molecular formula is C15H16ClNO4. The first kappa shape index (κ1) is 15.4. The lowest BCUT2D eigenvalue weighted by Gasteiger charge is -2.16. The summed E-state index contributed by atoms with van der Waals surface area (Å²) in [6.45, 7) is 4.03. The van der Waals surface area contributed by atoms with Crippen molar-refractivity contribution < 1.29 is 19.4 Å². The number of amides is 1. The van der Waals surface area contributed by atoms with Crippen molar-refractivity contribution in [1.82, 2.24) is 4.90 Å². The lowest BCUT2D eigenvalue weighted by molar-refractivity contribution is -0.141. The Bertz CT molecular complexity index is 543. The molecule has 0 spiro atoms. The molecule has 2 atom stereocenters. The minimum absolute atomic E-state index is 0.110. The number of carboxylic acid groups (broad SMARTS) is 1. The summed E-state index contributed by atoms with van der Waals surface area (Å²) in [6, 6.07) is 7.02. The molecule has 1 fully saturated rings. The van der Waals surface area contributed by atoms with Crippen molar-refractivity contribution in [2.24, 2.45) is 5.92 Å². The predicted molar refractivity (Wildman–Crippen MR) is 78.4 cm³/mol. The molecule has 1 aromatic carbocycles.